The van der Waals surface area contributed by atoms with Crippen molar-refractivity contribution in [3.8, 4) is 0 Å². The average Bonchev–Trinajstić information content (AvgIpc) is 3.31. The fraction of sp³-hybridized carbons (Fsp3) is 0.269. The molecule has 2 aliphatic heterocycles. The molecule has 8 heteroatoms. The number of nitrogens with zero attached hydrogens (tertiary/aromatic N) is 3. The molecular weight excluding hydrogens is 430 g/mol. The Morgan fingerprint density at radius 3 is 2.50 bits per heavy atom. The standard InChI is InChI=1S/C26H27N5O3/c1-18(32)31-12-10-19-3-2-4-23(25(19)31)28-22-9-11-27-24(17-22)29-21-7-5-20(6-8-21)26(33)30-13-15-34-16-14-30/h2-9,11,17H,10,12-16H2,1H3,(H2,27,28,29). The molecule has 2 aliphatic rings. The van der Waals surface area contributed by atoms with E-state index < -0.39 is 0 Å². The van der Waals surface area contributed by atoms with Crippen LogP contribution in [0.15, 0.2) is 60.8 Å². The summed E-state index contributed by atoms with van der Waals surface area (Å²) in [6.07, 6.45) is 2.59. The zero-order valence-electron chi connectivity index (χ0n) is 19.1. The number of nitrogens with one attached hydrogen (secondary N) is 2. The SMILES string of the molecule is CC(=O)N1CCc2cccc(Nc3ccnc(Nc4ccc(C(=O)N5CCOCC5)cc4)c3)c21. The highest BCUT2D eigenvalue weighted by atomic mass is 16.5. The second-order valence-electron chi connectivity index (χ2n) is 8.40. The Bertz CT molecular complexity index is 1210. The van der Waals surface area contributed by atoms with E-state index in [4.69, 9.17) is 4.74 Å². The summed E-state index contributed by atoms with van der Waals surface area (Å²) < 4.78 is 5.32. The maximum atomic E-state index is 12.6. The van der Waals surface area contributed by atoms with Gasteiger partial charge < -0.3 is 25.2 Å². The number of morpholine rings is 1. The van der Waals surface area contributed by atoms with Gasteiger partial charge in [-0.05, 0) is 48.4 Å². The van der Waals surface area contributed by atoms with Gasteiger partial charge >= 0.3 is 0 Å². The van der Waals surface area contributed by atoms with Crippen molar-refractivity contribution in [2.24, 2.45) is 0 Å². The monoisotopic (exact) mass is 457 g/mol. The van der Waals surface area contributed by atoms with Gasteiger partial charge in [-0.1, -0.05) is 12.1 Å². The highest BCUT2D eigenvalue weighted by molar-refractivity contribution is 5.98. The Balaban J connectivity index is 1.29. The molecule has 174 valence electrons. The van der Waals surface area contributed by atoms with Crippen molar-refractivity contribution in [2.45, 2.75) is 13.3 Å². The molecule has 0 radical (unpaired) electrons. The van der Waals surface area contributed by atoms with E-state index in [-0.39, 0.29) is 11.8 Å². The number of ether oxygens (including phenoxy) is 1. The van der Waals surface area contributed by atoms with Crippen LogP contribution >= 0.6 is 0 Å². The number of aromatic nitrogens is 1. The van der Waals surface area contributed by atoms with Crippen LogP contribution in [0.2, 0.25) is 0 Å². The van der Waals surface area contributed by atoms with Crippen molar-refractivity contribution in [1.82, 2.24) is 9.88 Å². The van der Waals surface area contributed by atoms with Gasteiger partial charge in [0.05, 0.1) is 24.6 Å². The van der Waals surface area contributed by atoms with E-state index >= 15 is 0 Å². The number of amides is 2. The zero-order chi connectivity index (χ0) is 23.5. The average molecular weight is 458 g/mol. The topological polar surface area (TPSA) is 86.8 Å². The first-order chi connectivity index (χ1) is 16.6. The van der Waals surface area contributed by atoms with E-state index in [0.29, 0.717) is 44.2 Å². The number of hydrogen-bond acceptors (Lipinski definition) is 6. The summed E-state index contributed by atoms with van der Waals surface area (Å²) in [6.45, 7) is 4.71. The second kappa shape index (κ2) is 9.52. The van der Waals surface area contributed by atoms with Crippen LogP contribution in [0.25, 0.3) is 0 Å². The molecule has 34 heavy (non-hydrogen) atoms. The largest absolute Gasteiger partial charge is 0.378 e. The third-order valence-corrected chi connectivity index (χ3v) is 6.12. The van der Waals surface area contributed by atoms with Crippen molar-refractivity contribution in [1.29, 1.82) is 0 Å². The Kier molecular flexibility index (Phi) is 6.14. The molecular formula is C26H27N5O3. The molecule has 0 aliphatic carbocycles. The number of fused-ring (bicyclic) bond motifs is 1. The van der Waals surface area contributed by atoms with Gasteiger partial charge in [-0.25, -0.2) is 4.98 Å². The number of rotatable bonds is 5. The summed E-state index contributed by atoms with van der Waals surface area (Å²) in [5.41, 5.74) is 5.37. The van der Waals surface area contributed by atoms with Gasteiger partial charge in [0.1, 0.15) is 5.82 Å². The number of hydrogen-bond donors (Lipinski definition) is 2. The first kappa shape index (κ1) is 21.9. The van der Waals surface area contributed by atoms with Gasteiger partial charge in [0.15, 0.2) is 0 Å². The van der Waals surface area contributed by atoms with Crippen LogP contribution < -0.4 is 15.5 Å². The Morgan fingerprint density at radius 2 is 1.74 bits per heavy atom. The first-order valence-electron chi connectivity index (χ1n) is 11.5. The molecule has 5 rings (SSSR count). The first-order valence-corrected chi connectivity index (χ1v) is 11.5. The number of anilines is 5. The highest BCUT2D eigenvalue weighted by Crippen LogP contribution is 2.37. The molecule has 3 heterocycles. The van der Waals surface area contributed by atoms with Crippen LogP contribution in [0, 0.1) is 0 Å². The van der Waals surface area contributed by atoms with Crippen LogP contribution in [0.1, 0.15) is 22.8 Å². The van der Waals surface area contributed by atoms with E-state index in [2.05, 4.69) is 21.7 Å². The predicted octanol–water partition coefficient (Wildman–Crippen LogP) is 3.95. The molecule has 2 aromatic carbocycles. The van der Waals surface area contributed by atoms with Crippen molar-refractivity contribution < 1.29 is 14.3 Å². The van der Waals surface area contributed by atoms with Gasteiger partial charge in [0.2, 0.25) is 5.91 Å². The minimum absolute atomic E-state index is 0.0224. The van der Waals surface area contributed by atoms with Gasteiger partial charge in [0, 0.05) is 55.8 Å². The third-order valence-electron chi connectivity index (χ3n) is 6.12. The fourth-order valence-corrected chi connectivity index (χ4v) is 4.40. The summed E-state index contributed by atoms with van der Waals surface area (Å²) in [4.78, 5) is 32.8. The van der Waals surface area contributed by atoms with Crippen LogP contribution in [0.5, 0.6) is 0 Å². The predicted molar refractivity (Wildman–Crippen MR) is 132 cm³/mol. The quantitative estimate of drug-likeness (QED) is 0.603. The molecule has 0 atom stereocenters. The number of para-hydroxylation sites is 1. The summed E-state index contributed by atoms with van der Waals surface area (Å²) in [6, 6.07) is 17.3. The molecule has 0 saturated carbocycles. The molecule has 0 unspecified atom stereocenters. The summed E-state index contributed by atoms with van der Waals surface area (Å²) in [7, 11) is 0. The molecule has 2 amide bonds. The zero-order valence-corrected chi connectivity index (χ0v) is 19.1. The van der Waals surface area contributed by atoms with Gasteiger partial charge in [-0.2, -0.15) is 0 Å². The van der Waals surface area contributed by atoms with E-state index in [1.54, 1.807) is 13.1 Å². The normalized spacial score (nSPS) is 15.1. The third kappa shape index (κ3) is 4.58. The molecule has 8 nitrogen and oxygen atoms in total. The molecule has 0 spiro atoms. The second-order valence-corrected chi connectivity index (χ2v) is 8.40. The molecule has 0 bridgehead atoms. The van der Waals surface area contributed by atoms with Crippen LogP contribution in [-0.2, 0) is 16.0 Å². The maximum Gasteiger partial charge on any atom is 0.254 e. The van der Waals surface area contributed by atoms with Crippen molar-refractivity contribution in [2.75, 3.05) is 48.4 Å². The molecule has 1 fully saturated rings. The van der Waals surface area contributed by atoms with Gasteiger partial charge in [-0.15, -0.1) is 0 Å². The summed E-state index contributed by atoms with van der Waals surface area (Å²) >= 11 is 0. The lowest BCUT2D eigenvalue weighted by Gasteiger charge is -2.26. The van der Waals surface area contributed by atoms with E-state index in [9.17, 15) is 9.59 Å². The van der Waals surface area contributed by atoms with Crippen LogP contribution in [0.3, 0.4) is 0 Å². The van der Waals surface area contributed by atoms with Gasteiger partial charge in [0.25, 0.3) is 5.91 Å². The van der Waals surface area contributed by atoms with E-state index in [1.165, 1.54) is 5.56 Å². The fourth-order valence-electron chi connectivity index (χ4n) is 4.40. The minimum Gasteiger partial charge on any atom is -0.378 e. The number of pyridine rings is 1. The smallest absolute Gasteiger partial charge is 0.254 e. The van der Waals surface area contributed by atoms with E-state index in [1.807, 2.05) is 58.3 Å². The minimum atomic E-state index is 0.0224. The molecule has 2 N–H and O–H groups in total. The number of benzene rings is 2. The molecule has 1 aromatic heterocycles. The molecule has 3 aromatic rings. The molecule has 1 saturated heterocycles. The van der Waals surface area contributed by atoms with Crippen LogP contribution in [0.4, 0.5) is 28.6 Å². The van der Waals surface area contributed by atoms with Gasteiger partial charge in [-0.3, -0.25) is 9.59 Å². The summed E-state index contributed by atoms with van der Waals surface area (Å²) in [5.74, 6) is 0.739. The Hall–Kier alpha value is -3.91. The van der Waals surface area contributed by atoms with Crippen molar-refractivity contribution in [3.63, 3.8) is 0 Å². The van der Waals surface area contributed by atoms with Crippen molar-refractivity contribution >= 4 is 40.4 Å². The lowest BCUT2D eigenvalue weighted by Crippen LogP contribution is -2.40. The summed E-state index contributed by atoms with van der Waals surface area (Å²) in [5, 5.41) is 6.74. The number of carbonyl (C=O) groups is 2. The maximum absolute atomic E-state index is 12.6. The lowest BCUT2D eigenvalue weighted by atomic mass is 10.1. The Morgan fingerprint density at radius 1 is 0.941 bits per heavy atom. The Labute approximate surface area is 198 Å². The van der Waals surface area contributed by atoms with Crippen LogP contribution in [-0.4, -0.2) is 54.5 Å². The number of carbonyl (C=O) groups excluding carboxylic acids is 2. The highest BCUT2D eigenvalue weighted by Gasteiger charge is 2.25. The van der Waals surface area contributed by atoms with E-state index in [0.717, 1.165) is 29.2 Å². The van der Waals surface area contributed by atoms with Crippen molar-refractivity contribution in [3.05, 3.63) is 71.9 Å². The lowest BCUT2D eigenvalue weighted by molar-refractivity contribution is -0.116.